The molecule has 5 heteroatoms. The number of carbonyl (C=O) groups is 1. The van der Waals surface area contributed by atoms with Crippen LogP contribution >= 0.6 is 0 Å². The van der Waals surface area contributed by atoms with Gasteiger partial charge in [-0.15, -0.1) is 0 Å². The fourth-order valence-corrected chi connectivity index (χ4v) is 4.17. The summed E-state index contributed by atoms with van der Waals surface area (Å²) in [5.74, 6) is 2.40. The van der Waals surface area contributed by atoms with E-state index in [0.29, 0.717) is 31.1 Å². The maximum absolute atomic E-state index is 12.5. The lowest BCUT2D eigenvalue weighted by Gasteiger charge is -2.11. The predicted octanol–water partition coefficient (Wildman–Crippen LogP) is 6.30. The number of imidazole rings is 1. The van der Waals surface area contributed by atoms with Crippen LogP contribution in [0.3, 0.4) is 0 Å². The van der Waals surface area contributed by atoms with Gasteiger partial charge in [0.15, 0.2) is 0 Å². The van der Waals surface area contributed by atoms with E-state index < -0.39 is 0 Å². The molecular formula is C30H35N3O2. The van der Waals surface area contributed by atoms with Crippen LogP contribution in [-0.2, 0) is 13.0 Å². The highest BCUT2D eigenvalue weighted by Gasteiger charge is 2.11. The predicted molar refractivity (Wildman–Crippen MR) is 142 cm³/mol. The molecule has 5 nitrogen and oxygen atoms in total. The Morgan fingerprint density at radius 1 is 0.971 bits per heavy atom. The molecule has 1 aromatic heterocycles. The molecule has 4 rings (SSSR count). The molecule has 1 heterocycles. The van der Waals surface area contributed by atoms with Gasteiger partial charge >= 0.3 is 0 Å². The fourth-order valence-electron chi connectivity index (χ4n) is 4.17. The number of rotatable bonds is 11. The summed E-state index contributed by atoms with van der Waals surface area (Å²) in [6, 6.07) is 24.3. The normalized spacial score (nSPS) is 11.2. The number of aryl methyl sites for hydroxylation is 2. The summed E-state index contributed by atoms with van der Waals surface area (Å²) >= 11 is 0. The number of benzene rings is 3. The topological polar surface area (TPSA) is 56.2 Å². The molecule has 35 heavy (non-hydrogen) atoms. The van der Waals surface area contributed by atoms with Crippen LogP contribution < -0.4 is 10.1 Å². The zero-order valence-electron chi connectivity index (χ0n) is 21.0. The van der Waals surface area contributed by atoms with Crippen molar-refractivity contribution in [2.45, 2.75) is 52.5 Å². The Bertz CT molecular complexity index is 1240. The Labute approximate surface area is 208 Å². The van der Waals surface area contributed by atoms with Gasteiger partial charge in [0, 0.05) is 25.1 Å². The molecule has 0 radical (unpaired) electrons. The number of aromatic nitrogens is 2. The molecule has 0 aliphatic carbocycles. The highest BCUT2D eigenvalue weighted by Crippen LogP contribution is 2.20. The van der Waals surface area contributed by atoms with Gasteiger partial charge in [0.05, 0.1) is 17.6 Å². The molecular weight excluding hydrogens is 434 g/mol. The largest absolute Gasteiger partial charge is 0.494 e. The highest BCUT2D eigenvalue weighted by atomic mass is 16.5. The van der Waals surface area contributed by atoms with Gasteiger partial charge in [-0.3, -0.25) is 4.79 Å². The number of amides is 1. The van der Waals surface area contributed by atoms with Crippen molar-refractivity contribution in [1.29, 1.82) is 0 Å². The summed E-state index contributed by atoms with van der Waals surface area (Å²) in [6.07, 6.45) is 2.64. The summed E-state index contributed by atoms with van der Waals surface area (Å²) in [4.78, 5) is 17.3. The van der Waals surface area contributed by atoms with Crippen LogP contribution in [0.2, 0.25) is 0 Å². The minimum Gasteiger partial charge on any atom is -0.494 e. The zero-order valence-corrected chi connectivity index (χ0v) is 21.0. The number of para-hydroxylation sites is 2. The van der Waals surface area contributed by atoms with Crippen LogP contribution in [0, 0.1) is 6.92 Å². The SMILES string of the molecule is Cc1ccc(C(=O)NCCc2nc3ccccc3n2CCCCOc2ccc(C(C)C)cc2)cc1. The molecule has 1 N–H and O–H groups in total. The van der Waals surface area contributed by atoms with Crippen molar-refractivity contribution in [3.05, 3.63) is 95.3 Å². The standard InChI is InChI=1S/C30H35N3O2/c1-22(2)24-14-16-26(17-15-24)35-21-7-6-20-33-28-9-5-4-8-27(28)32-29(33)18-19-31-30(34)25-12-10-23(3)11-13-25/h4-5,8-17,22H,6-7,18-21H2,1-3H3,(H,31,34). The van der Waals surface area contributed by atoms with Crippen LogP contribution in [0.1, 0.15) is 59.9 Å². The number of carbonyl (C=O) groups excluding carboxylic acids is 1. The highest BCUT2D eigenvalue weighted by molar-refractivity contribution is 5.94. The number of unbranched alkanes of at least 4 members (excludes halogenated alkanes) is 1. The molecule has 3 aromatic carbocycles. The summed E-state index contributed by atoms with van der Waals surface area (Å²) in [5, 5.41) is 3.03. The maximum Gasteiger partial charge on any atom is 0.251 e. The lowest BCUT2D eigenvalue weighted by molar-refractivity contribution is 0.0954. The first-order valence-corrected chi connectivity index (χ1v) is 12.5. The Morgan fingerprint density at radius 2 is 1.71 bits per heavy atom. The molecule has 0 spiro atoms. The molecule has 4 aromatic rings. The quantitative estimate of drug-likeness (QED) is 0.262. The lowest BCUT2D eigenvalue weighted by Crippen LogP contribution is -2.26. The second-order valence-electron chi connectivity index (χ2n) is 9.32. The molecule has 0 aliphatic rings. The van der Waals surface area contributed by atoms with Gasteiger partial charge in [-0.2, -0.15) is 0 Å². The van der Waals surface area contributed by atoms with E-state index in [1.807, 2.05) is 49.4 Å². The summed E-state index contributed by atoms with van der Waals surface area (Å²) in [7, 11) is 0. The number of nitrogens with zero attached hydrogens (tertiary/aromatic N) is 2. The molecule has 0 bridgehead atoms. The third kappa shape index (κ3) is 6.50. The smallest absolute Gasteiger partial charge is 0.251 e. The monoisotopic (exact) mass is 469 g/mol. The van der Waals surface area contributed by atoms with Gasteiger partial charge in [0.2, 0.25) is 0 Å². The van der Waals surface area contributed by atoms with Crippen LogP contribution in [0.15, 0.2) is 72.8 Å². The van der Waals surface area contributed by atoms with E-state index in [1.54, 1.807) is 0 Å². The number of ether oxygens (including phenoxy) is 1. The van der Waals surface area contributed by atoms with Crippen molar-refractivity contribution in [2.24, 2.45) is 0 Å². The summed E-state index contributed by atoms with van der Waals surface area (Å²) in [6.45, 7) is 8.52. The minimum atomic E-state index is -0.0498. The number of hydrogen-bond donors (Lipinski definition) is 1. The Kier molecular flexibility index (Phi) is 8.19. The van der Waals surface area contributed by atoms with Crippen LogP contribution in [0.4, 0.5) is 0 Å². The van der Waals surface area contributed by atoms with Crippen molar-refractivity contribution in [2.75, 3.05) is 13.2 Å². The molecule has 0 saturated heterocycles. The van der Waals surface area contributed by atoms with Gasteiger partial charge in [-0.25, -0.2) is 4.98 Å². The molecule has 0 atom stereocenters. The summed E-state index contributed by atoms with van der Waals surface area (Å²) in [5.41, 5.74) is 5.28. The van der Waals surface area contributed by atoms with Crippen LogP contribution in [0.25, 0.3) is 11.0 Å². The maximum atomic E-state index is 12.5. The average molecular weight is 470 g/mol. The first kappa shape index (κ1) is 24.5. The van der Waals surface area contributed by atoms with Gasteiger partial charge < -0.3 is 14.6 Å². The molecule has 182 valence electrons. The zero-order chi connectivity index (χ0) is 24.6. The summed E-state index contributed by atoms with van der Waals surface area (Å²) < 4.78 is 8.23. The van der Waals surface area contributed by atoms with Gasteiger partial charge in [0.1, 0.15) is 11.6 Å². The third-order valence-electron chi connectivity index (χ3n) is 6.27. The second-order valence-corrected chi connectivity index (χ2v) is 9.32. The number of nitrogens with one attached hydrogen (secondary N) is 1. The third-order valence-corrected chi connectivity index (χ3v) is 6.27. The minimum absolute atomic E-state index is 0.0498. The lowest BCUT2D eigenvalue weighted by atomic mass is 10.0. The first-order valence-electron chi connectivity index (χ1n) is 12.5. The van der Waals surface area contributed by atoms with Gasteiger partial charge in [-0.05, 0) is 67.6 Å². The van der Waals surface area contributed by atoms with Gasteiger partial charge in [-0.1, -0.05) is 55.8 Å². The Balaban J connectivity index is 1.30. The molecule has 0 saturated carbocycles. The molecule has 0 fully saturated rings. The van der Waals surface area contributed by atoms with E-state index >= 15 is 0 Å². The van der Waals surface area contributed by atoms with Crippen molar-refractivity contribution in [1.82, 2.24) is 14.9 Å². The van der Waals surface area contributed by atoms with Crippen molar-refractivity contribution in [3.8, 4) is 5.75 Å². The van der Waals surface area contributed by atoms with E-state index in [9.17, 15) is 4.79 Å². The second kappa shape index (κ2) is 11.7. The molecule has 0 unspecified atom stereocenters. The average Bonchev–Trinajstić information content (AvgIpc) is 3.21. The van der Waals surface area contributed by atoms with Crippen molar-refractivity contribution < 1.29 is 9.53 Å². The number of hydrogen-bond acceptors (Lipinski definition) is 3. The Hall–Kier alpha value is -3.60. The molecule has 0 aliphatic heterocycles. The van der Waals surface area contributed by atoms with E-state index in [1.165, 1.54) is 5.56 Å². The van der Waals surface area contributed by atoms with E-state index in [4.69, 9.17) is 9.72 Å². The van der Waals surface area contributed by atoms with Crippen LogP contribution in [-0.4, -0.2) is 28.6 Å². The fraction of sp³-hybridized carbons (Fsp3) is 0.333. The van der Waals surface area contributed by atoms with E-state index in [0.717, 1.165) is 47.6 Å². The van der Waals surface area contributed by atoms with E-state index in [2.05, 4.69) is 54.1 Å². The van der Waals surface area contributed by atoms with Crippen molar-refractivity contribution in [3.63, 3.8) is 0 Å². The van der Waals surface area contributed by atoms with Crippen molar-refractivity contribution >= 4 is 16.9 Å². The number of fused-ring (bicyclic) bond motifs is 1. The van der Waals surface area contributed by atoms with Gasteiger partial charge in [0.25, 0.3) is 5.91 Å². The molecule has 1 amide bonds. The first-order chi connectivity index (χ1) is 17.0. The van der Waals surface area contributed by atoms with E-state index in [-0.39, 0.29) is 5.91 Å². The Morgan fingerprint density at radius 3 is 2.46 bits per heavy atom. The van der Waals surface area contributed by atoms with Crippen LogP contribution in [0.5, 0.6) is 5.75 Å².